The van der Waals surface area contributed by atoms with Gasteiger partial charge in [-0.1, -0.05) is 12.1 Å². The summed E-state index contributed by atoms with van der Waals surface area (Å²) >= 11 is 0. The Hall–Kier alpha value is -2.98. The average Bonchev–Trinajstić information content (AvgIpc) is 2.69. The Bertz CT molecular complexity index is 865. The molecular formula is C21H24O10. The first-order chi connectivity index (χ1) is 14.7. The van der Waals surface area contributed by atoms with Gasteiger partial charge in [0.15, 0.2) is 36.5 Å². The van der Waals surface area contributed by atoms with Gasteiger partial charge < -0.3 is 28.4 Å². The van der Waals surface area contributed by atoms with Crippen molar-refractivity contribution in [2.75, 3.05) is 6.61 Å². The molecule has 2 heterocycles. The van der Waals surface area contributed by atoms with Crippen molar-refractivity contribution in [2.45, 2.75) is 64.5 Å². The molecule has 1 aromatic carbocycles. The van der Waals surface area contributed by atoms with E-state index >= 15 is 0 Å². The fraction of sp³-hybridized carbons (Fsp3) is 0.524. The minimum Gasteiger partial charge on any atom is -0.490 e. The maximum Gasteiger partial charge on any atom is 0.303 e. The van der Waals surface area contributed by atoms with Crippen molar-refractivity contribution in [1.29, 1.82) is 0 Å². The monoisotopic (exact) mass is 436 g/mol. The quantitative estimate of drug-likeness (QED) is 0.491. The van der Waals surface area contributed by atoms with Crippen LogP contribution < -0.4 is 4.74 Å². The maximum absolute atomic E-state index is 12.8. The van der Waals surface area contributed by atoms with Gasteiger partial charge in [0.1, 0.15) is 12.4 Å². The van der Waals surface area contributed by atoms with Crippen LogP contribution in [0.25, 0.3) is 0 Å². The first-order valence-electron chi connectivity index (χ1n) is 9.76. The van der Waals surface area contributed by atoms with Crippen LogP contribution in [0.4, 0.5) is 0 Å². The van der Waals surface area contributed by atoms with Crippen LogP contribution in [0, 0.1) is 0 Å². The summed E-state index contributed by atoms with van der Waals surface area (Å²) in [5.41, 5.74) is 0.348. The maximum atomic E-state index is 12.8. The first-order valence-corrected chi connectivity index (χ1v) is 9.76. The Morgan fingerprint density at radius 1 is 0.903 bits per heavy atom. The predicted molar refractivity (Wildman–Crippen MR) is 102 cm³/mol. The number of hydrogen-bond donors (Lipinski definition) is 0. The number of ketones is 1. The van der Waals surface area contributed by atoms with E-state index in [1.54, 1.807) is 31.2 Å². The summed E-state index contributed by atoms with van der Waals surface area (Å²) in [5.74, 6) is -1.91. The number of fused-ring (bicyclic) bond motifs is 1. The number of carbonyl (C=O) groups excluding carboxylic acids is 4. The fourth-order valence-electron chi connectivity index (χ4n) is 3.55. The molecular weight excluding hydrogens is 412 g/mol. The molecule has 31 heavy (non-hydrogen) atoms. The lowest BCUT2D eigenvalue weighted by Crippen LogP contribution is -2.62. The predicted octanol–water partition coefficient (Wildman–Crippen LogP) is 1.19. The van der Waals surface area contributed by atoms with Gasteiger partial charge in [-0.15, -0.1) is 0 Å². The number of benzene rings is 1. The fourth-order valence-corrected chi connectivity index (χ4v) is 3.55. The van der Waals surface area contributed by atoms with Crippen molar-refractivity contribution in [3.63, 3.8) is 0 Å². The van der Waals surface area contributed by atoms with E-state index in [1.807, 2.05) is 0 Å². The molecule has 1 fully saturated rings. The molecule has 0 spiro atoms. The van der Waals surface area contributed by atoms with Gasteiger partial charge in [0.25, 0.3) is 0 Å². The molecule has 0 bridgehead atoms. The van der Waals surface area contributed by atoms with E-state index in [-0.39, 0.29) is 12.4 Å². The molecule has 1 aromatic rings. The molecule has 0 aliphatic carbocycles. The van der Waals surface area contributed by atoms with Gasteiger partial charge in [0.05, 0.1) is 11.7 Å². The summed E-state index contributed by atoms with van der Waals surface area (Å²) in [6, 6.07) is 6.72. The van der Waals surface area contributed by atoms with Gasteiger partial charge >= 0.3 is 17.9 Å². The smallest absolute Gasteiger partial charge is 0.303 e. The molecule has 168 valence electrons. The molecule has 0 radical (unpaired) electrons. The number of ether oxygens (including phenoxy) is 6. The van der Waals surface area contributed by atoms with E-state index in [0.29, 0.717) is 11.3 Å². The molecule has 0 unspecified atom stereocenters. The summed E-state index contributed by atoms with van der Waals surface area (Å²) in [5, 5.41) is 0. The normalized spacial score (nSPS) is 29.9. The second-order valence-electron chi connectivity index (χ2n) is 7.23. The highest BCUT2D eigenvalue weighted by Gasteiger charge is 2.52. The van der Waals surface area contributed by atoms with Gasteiger partial charge in [-0.05, 0) is 19.1 Å². The second-order valence-corrected chi connectivity index (χ2v) is 7.23. The third kappa shape index (κ3) is 5.20. The standard InChI is InChI=1S/C21H24O10/c1-10-18(28-11(2)22)19(29-12(3)23)20(30-13(4)24)21(27-10)31-16-9-26-15-8-6-5-7-14(15)17(16)25/h5-8,10,16,18-21H,9H2,1-4H3/t10-,16+,18-,19+,20+,21-/m0/s1. The molecule has 0 N–H and O–H groups in total. The Labute approximate surface area is 178 Å². The van der Waals surface area contributed by atoms with Crippen LogP contribution in [0.5, 0.6) is 5.75 Å². The number of rotatable bonds is 5. The second kappa shape index (κ2) is 9.44. The third-order valence-corrected chi connectivity index (χ3v) is 4.77. The molecule has 2 aliphatic heterocycles. The molecule has 0 saturated carbocycles. The minimum atomic E-state index is -1.29. The van der Waals surface area contributed by atoms with Crippen molar-refractivity contribution >= 4 is 23.7 Å². The van der Waals surface area contributed by atoms with E-state index in [9.17, 15) is 19.2 Å². The van der Waals surface area contributed by atoms with E-state index in [2.05, 4.69) is 0 Å². The van der Waals surface area contributed by atoms with Crippen molar-refractivity contribution in [3.05, 3.63) is 29.8 Å². The Morgan fingerprint density at radius 3 is 2.13 bits per heavy atom. The molecule has 10 heteroatoms. The van der Waals surface area contributed by atoms with Crippen LogP contribution in [-0.4, -0.2) is 67.1 Å². The number of carbonyl (C=O) groups is 4. The van der Waals surface area contributed by atoms with Gasteiger partial charge in [0.2, 0.25) is 0 Å². The van der Waals surface area contributed by atoms with Crippen molar-refractivity contribution in [2.24, 2.45) is 0 Å². The van der Waals surface area contributed by atoms with E-state index in [4.69, 9.17) is 28.4 Å². The summed E-state index contributed by atoms with van der Waals surface area (Å²) in [7, 11) is 0. The SMILES string of the molecule is CC(=O)O[C@@H]1[C@@H](OC(C)=O)[C@H](C)O[C@@H](O[C@@H]2COc3ccccc3C2=O)[C@@H]1OC(C)=O. The van der Waals surface area contributed by atoms with Crippen molar-refractivity contribution in [3.8, 4) is 5.75 Å². The summed E-state index contributed by atoms with van der Waals surface area (Å²) < 4.78 is 33.1. The highest BCUT2D eigenvalue weighted by molar-refractivity contribution is 6.02. The Morgan fingerprint density at radius 2 is 1.48 bits per heavy atom. The zero-order chi connectivity index (χ0) is 22.7. The molecule has 3 rings (SSSR count). The van der Waals surface area contributed by atoms with Gasteiger partial charge in [-0.3, -0.25) is 19.2 Å². The lowest BCUT2D eigenvalue weighted by Gasteiger charge is -2.44. The van der Waals surface area contributed by atoms with Crippen molar-refractivity contribution in [1.82, 2.24) is 0 Å². The molecule has 6 atom stereocenters. The van der Waals surface area contributed by atoms with Crippen LogP contribution in [0.1, 0.15) is 38.1 Å². The number of hydrogen-bond acceptors (Lipinski definition) is 10. The van der Waals surface area contributed by atoms with E-state index < -0.39 is 54.7 Å². The van der Waals surface area contributed by atoms with Crippen LogP contribution in [0.15, 0.2) is 24.3 Å². The van der Waals surface area contributed by atoms with Gasteiger partial charge in [-0.25, -0.2) is 0 Å². The number of para-hydroxylation sites is 1. The van der Waals surface area contributed by atoms with Gasteiger partial charge in [-0.2, -0.15) is 0 Å². The largest absolute Gasteiger partial charge is 0.490 e. The molecule has 10 nitrogen and oxygen atoms in total. The summed E-state index contributed by atoms with van der Waals surface area (Å²) in [4.78, 5) is 47.9. The van der Waals surface area contributed by atoms with Crippen LogP contribution in [-0.2, 0) is 38.1 Å². The number of Topliss-reactive ketones (excluding diaryl/α,β-unsaturated/α-hetero) is 1. The van der Waals surface area contributed by atoms with Gasteiger partial charge in [0, 0.05) is 20.8 Å². The lowest BCUT2D eigenvalue weighted by atomic mass is 9.98. The third-order valence-electron chi connectivity index (χ3n) is 4.77. The van der Waals surface area contributed by atoms with Crippen LogP contribution >= 0.6 is 0 Å². The molecule has 0 aromatic heterocycles. The van der Waals surface area contributed by atoms with Crippen LogP contribution in [0.2, 0.25) is 0 Å². The average molecular weight is 436 g/mol. The summed E-state index contributed by atoms with van der Waals surface area (Å²) in [6.45, 7) is 5.02. The summed E-state index contributed by atoms with van der Waals surface area (Å²) in [6.07, 6.45) is -6.66. The number of esters is 3. The highest BCUT2D eigenvalue weighted by atomic mass is 16.7. The Kier molecular flexibility index (Phi) is 6.91. The molecule has 0 amide bonds. The molecule has 1 saturated heterocycles. The van der Waals surface area contributed by atoms with Crippen molar-refractivity contribution < 1.29 is 47.6 Å². The topological polar surface area (TPSA) is 124 Å². The van der Waals surface area contributed by atoms with E-state index in [0.717, 1.165) is 6.92 Å². The lowest BCUT2D eigenvalue weighted by molar-refractivity contribution is -0.307. The Balaban J connectivity index is 1.87. The highest BCUT2D eigenvalue weighted by Crippen LogP contribution is 2.32. The van der Waals surface area contributed by atoms with E-state index in [1.165, 1.54) is 13.8 Å². The zero-order valence-electron chi connectivity index (χ0n) is 17.6. The molecule has 2 aliphatic rings. The minimum absolute atomic E-state index is 0.0809. The first kappa shape index (κ1) is 22.7. The van der Waals surface area contributed by atoms with Crippen LogP contribution in [0.3, 0.4) is 0 Å². The zero-order valence-corrected chi connectivity index (χ0v) is 17.6.